The van der Waals surface area contributed by atoms with Gasteiger partial charge >= 0.3 is 6.03 Å². The molecule has 0 atom stereocenters. The lowest BCUT2D eigenvalue weighted by atomic mass is 10.1. The third-order valence-corrected chi connectivity index (χ3v) is 2.31. The third-order valence-electron chi connectivity index (χ3n) is 2.31. The summed E-state index contributed by atoms with van der Waals surface area (Å²) < 4.78 is 13.3. The predicted molar refractivity (Wildman–Crippen MR) is 67.5 cm³/mol. The van der Waals surface area contributed by atoms with Crippen molar-refractivity contribution in [2.24, 2.45) is 0 Å². The summed E-state index contributed by atoms with van der Waals surface area (Å²) in [6.45, 7) is 0.337. The molecule has 0 heterocycles. The lowest BCUT2D eigenvalue weighted by Crippen LogP contribution is -2.39. The van der Waals surface area contributed by atoms with E-state index in [-0.39, 0.29) is 19.1 Å². The first-order valence-electron chi connectivity index (χ1n) is 5.64. The second-order valence-corrected chi connectivity index (χ2v) is 4.02. The van der Waals surface area contributed by atoms with Crippen LogP contribution in [0, 0.1) is 5.82 Å². The van der Waals surface area contributed by atoms with E-state index in [9.17, 15) is 19.1 Å². The first-order valence-corrected chi connectivity index (χ1v) is 5.64. The molecule has 1 aromatic rings. The number of nitrogens with zero attached hydrogens (tertiary/aromatic N) is 1. The number of urea groups is 1. The minimum absolute atomic E-state index is 0.131. The number of rotatable bonds is 4. The number of nitrogens with one attached hydrogen (secondary N) is 2. The average Bonchev–Trinajstić information content (AvgIpc) is 2.34. The van der Waals surface area contributed by atoms with Crippen LogP contribution in [-0.2, 0) is 0 Å². The van der Waals surface area contributed by atoms with Gasteiger partial charge in [0.2, 0.25) is 0 Å². The van der Waals surface area contributed by atoms with E-state index in [1.165, 1.54) is 17.0 Å². The lowest BCUT2D eigenvalue weighted by Gasteiger charge is -2.12. The fraction of sp³-hybridized carbons (Fsp3) is 0.333. The van der Waals surface area contributed by atoms with Gasteiger partial charge in [-0.15, -0.1) is 0 Å². The van der Waals surface area contributed by atoms with Gasteiger partial charge in [0.25, 0.3) is 5.91 Å². The van der Waals surface area contributed by atoms with Crippen molar-refractivity contribution in [2.45, 2.75) is 0 Å². The van der Waals surface area contributed by atoms with E-state index in [1.807, 2.05) is 0 Å². The lowest BCUT2D eigenvalue weighted by molar-refractivity contribution is 0.0946. The number of benzene rings is 1. The van der Waals surface area contributed by atoms with E-state index in [1.54, 1.807) is 14.1 Å². The summed E-state index contributed by atoms with van der Waals surface area (Å²) in [6.07, 6.45) is 0. The van der Waals surface area contributed by atoms with Gasteiger partial charge in [-0.1, -0.05) is 6.07 Å². The van der Waals surface area contributed by atoms with Crippen molar-refractivity contribution in [3.8, 4) is 5.75 Å². The van der Waals surface area contributed by atoms with Crippen molar-refractivity contribution >= 4 is 11.9 Å². The van der Waals surface area contributed by atoms with Crippen LogP contribution in [0.4, 0.5) is 9.18 Å². The molecule has 104 valence electrons. The molecule has 6 nitrogen and oxygen atoms in total. The number of carbonyl (C=O) groups is 2. The summed E-state index contributed by atoms with van der Waals surface area (Å²) in [5.41, 5.74) is -0.401. The first kappa shape index (κ1) is 14.7. The van der Waals surface area contributed by atoms with Gasteiger partial charge < -0.3 is 20.6 Å². The number of aromatic hydroxyl groups is 1. The monoisotopic (exact) mass is 269 g/mol. The normalized spacial score (nSPS) is 9.84. The Labute approximate surface area is 110 Å². The largest absolute Gasteiger partial charge is 0.507 e. The second-order valence-electron chi connectivity index (χ2n) is 4.02. The fourth-order valence-electron chi connectivity index (χ4n) is 1.33. The molecule has 0 saturated heterocycles. The van der Waals surface area contributed by atoms with Gasteiger partial charge in [0.15, 0.2) is 0 Å². The number of halogens is 1. The van der Waals surface area contributed by atoms with Gasteiger partial charge in [-0.3, -0.25) is 4.79 Å². The van der Waals surface area contributed by atoms with Gasteiger partial charge in [-0.25, -0.2) is 9.18 Å². The van der Waals surface area contributed by atoms with E-state index in [0.717, 1.165) is 6.07 Å². The van der Waals surface area contributed by atoms with Crippen LogP contribution in [-0.4, -0.2) is 49.1 Å². The number of hydrogen-bond acceptors (Lipinski definition) is 3. The van der Waals surface area contributed by atoms with E-state index in [4.69, 9.17) is 0 Å². The Bertz CT molecular complexity index is 457. The Kier molecular flexibility index (Phi) is 5.11. The van der Waals surface area contributed by atoms with Crippen LogP contribution < -0.4 is 10.6 Å². The molecule has 0 aliphatic carbocycles. The third kappa shape index (κ3) is 4.13. The number of phenols is 1. The summed E-state index contributed by atoms with van der Waals surface area (Å²) in [5.74, 6) is -1.95. The molecule has 0 radical (unpaired) electrons. The van der Waals surface area contributed by atoms with Crippen molar-refractivity contribution in [3.05, 3.63) is 29.6 Å². The molecule has 3 amide bonds. The Hall–Kier alpha value is -2.31. The quantitative estimate of drug-likeness (QED) is 0.697. The maximum absolute atomic E-state index is 13.3. The minimum Gasteiger partial charge on any atom is -0.507 e. The molecule has 1 rings (SSSR count). The summed E-state index contributed by atoms with van der Waals surface area (Å²) in [4.78, 5) is 24.2. The number of hydrogen-bond donors (Lipinski definition) is 3. The molecule has 0 bridgehead atoms. The molecule has 19 heavy (non-hydrogen) atoms. The maximum atomic E-state index is 13.3. The summed E-state index contributed by atoms with van der Waals surface area (Å²) in [6, 6.07) is 3.33. The minimum atomic E-state index is -0.796. The molecule has 3 N–H and O–H groups in total. The van der Waals surface area contributed by atoms with Crippen LogP contribution in [0.5, 0.6) is 5.75 Å². The Morgan fingerprint density at radius 1 is 1.26 bits per heavy atom. The molecule has 0 saturated carbocycles. The molecule has 0 spiro atoms. The standard InChI is InChI=1S/C12H16FN3O3/c1-16(2)12(19)15-7-6-14-11(18)10-8(13)4-3-5-9(10)17/h3-5,17H,6-7H2,1-2H3,(H,14,18)(H,15,19). The Balaban J connectivity index is 2.46. The van der Waals surface area contributed by atoms with E-state index < -0.39 is 23.0 Å². The molecular weight excluding hydrogens is 253 g/mol. The molecular formula is C12H16FN3O3. The SMILES string of the molecule is CN(C)C(=O)NCCNC(=O)c1c(O)cccc1F. The zero-order valence-electron chi connectivity index (χ0n) is 10.7. The molecule has 0 aliphatic rings. The van der Waals surface area contributed by atoms with Crippen molar-refractivity contribution in [3.63, 3.8) is 0 Å². The molecule has 0 fully saturated rings. The summed E-state index contributed by atoms with van der Waals surface area (Å²) in [7, 11) is 3.18. The Morgan fingerprint density at radius 2 is 1.89 bits per heavy atom. The van der Waals surface area contributed by atoms with Gasteiger partial charge in [0, 0.05) is 27.2 Å². The van der Waals surface area contributed by atoms with Gasteiger partial charge in [0.1, 0.15) is 17.1 Å². The highest BCUT2D eigenvalue weighted by molar-refractivity contribution is 5.97. The molecule has 0 aromatic heterocycles. The Morgan fingerprint density at radius 3 is 2.47 bits per heavy atom. The maximum Gasteiger partial charge on any atom is 0.316 e. The van der Waals surface area contributed by atoms with E-state index in [0.29, 0.717) is 0 Å². The van der Waals surface area contributed by atoms with Crippen LogP contribution in [0.2, 0.25) is 0 Å². The second kappa shape index (κ2) is 6.58. The highest BCUT2D eigenvalue weighted by atomic mass is 19.1. The topological polar surface area (TPSA) is 81.7 Å². The summed E-state index contributed by atoms with van der Waals surface area (Å²) >= 11 is 0. The fourth-order valence-corrected chi connectivity index (χ4v) is 1.33. The molecule has 7 heteroatoms. The van der Waals surface area contributed by atoms with Crippen LogP contribution in [0.1, 0.15) is 10.4 Å². The zero-order valence-corrected chi connectivity index (χ0v) is 10.7. The first-order chi connectivity index (χ1) is 8.93. The van der Waals surface area contributed by atoms with Crippen molar-refractivity contribution < 1.29 is 19.1 Å². The van der Waals surface area contributed by atoms with Crippen molar-refractivity contribution in [2.75, 3.05) is 27.2 Å². The molecule has 0 aliphatic heterocycles. The molecule has 1 aromatic carbocycles. The van der Waals surface area contributed by atoms with Crippen LogP contribution >= 0.6 is 0 Å². The van der Waals surface area contributed by atoms with Gasteiger partial charge in [0.05, 0.1) is 0 Å². The van der Waals surface area contributed by atoms with E-state index in [2.05, 4.69) is 10.6 Å². The zero-order chi connectivity index (χ0) is 14.4. The van der Waals surface area contributed by atoms with E-state index >= 15 is 0 Å². The van der Waals surface area contributed by atoms with Crippen LogP contribution in [0.3, 0.4) is 0 Å². The van der Waals surface area contributed by atoms with Crippen LogP contribution in [0.15, 0.2) is 18.2 Å². The predicted octanol–water partition coefficient (Wildman–Crippen LogP) is 0.532. The average molecular weight is 269 g/mol. The van der Waals surface area contributed by atoms with Gasteiger partial charge in [-0.05, 0) is 12.1 Å². The van der Waals surface area contributed by atoms with Gasteiger partial charge in [-0.2, -0.15) is 0 Å². The molecule has 0 unspecified atom stereocenters. The summed E-state index contributed by atoms with van der Waals surface area (Å²) in [5, 5.41) is 14.3. The highest BCUT2D eigenvalue weighted by Gasteiger charge is 2.15. The smallest absolute Gasteiger partial charge is 0.316 e. The van der Waals surface area contributed by atoms with Crippen LogP contribution in [0.25, 0.3) is 0 Å². The number of carbonyl (C=O) groups excluding carboxylic acids is 2. The number of amides is 3. The van der Waals surface area contributed by atoms with Crippen molar-refractivity contribution in [1.82, 2.24) is 15.5 Å². The number of phenolic OH excluding ortho intramolecular Hbond substituents is 1. The highest BCUT2D eigenvalue weighted by Crippen LogP contribution is 2.19. The van der Waals surface area contributed by atoms with Crippen molar-refractivity contribution in [1.29, 1.82) is 0 Å².